The Bertz CT molecular complexity index is 1210. The molecule has 190 valence electrons. The van der Waals surface area contributed by atoms with Gasteiger partial charge in [0.1, 0.15) is 16.7 Å². The van der Waals surface area contributed by atoms with Crippen LogP contribution in [-0.4, -0.2) is 80.4 Å². The average molecular weight is 534 g/mol. The number of hydrogen-bond donors (Lipinski definition) is 4. The summed E-state index contributed by atoms with van der Waals surface area (Å²) in [6.45, 7) is 1.71. The van der Waals surface area contributed by atoms with E-state index in [0.717, 1.165) is 39.0 Å². The van der Waals surface area contributed by atoms with Gasteiger partial charge in [-0.3, -0.25) is 19.2 Å². The van der Waals surface area contributed by atoms with Gasteiger partial charge in [0.2, 0.25) is 5.91 Å². The van der Waals surface area contributed by atoms with Gasteiger partial charge in [-0.2, -0.15) is 0 Å². The van der Waals surface area contributed by atoms with Gasteiger partial charge >= 0.3 is 11.9 Å². The number of amides is 2. The first kappa shape index (κ1) is 25.7. The number of tetrazole rings is 1. The predicted octanol–water partition coefficient (Wildman–Crippen LogP) is -0.303. The SMILES string of the molecule is CC(C(=O)O)C(Sn1ncnn1)C1=CN2C(=O)C(NC(=O)Cc3ccccc3CN)[C@H]2SC1C(=O)O. The van der Waals surface area contributed by atoms with E-state index in [1.54, 1.807) is 12.1 Å². The number of carbonyl (C=O) groups is 4. The van der Waals surface area contributed by atoms with E-state index in [1.807, 2.05) is 12.1 Å². The molecule has 2 aliphatic heterocycles. The predicted molar refractivity (Wildman–Crippen MR) is 129 cm³/mol. The molecule has 0 radical (unpaired) electrons. The van der Waals surface area contributed by atoms with Crippen LogP contribution in [0.4, 0.5) is 0 Å². The largest absolute Gasteiger partial charge is 0.481 e. The summed E-state index contributed by atoms with van der Waals surface area (Å²) in [7, 11) is 0. The van der Waals surface area contributed by atoms with Crippen molar-refractivity contribution in [1.82, 2.24) is 29.8 Å². The molecule has 1 aromatic heterocycles. The molecule has 3 heterocycles. The summed E-state index contributed by atoms with van der Waals surface area (Å²) in [5.74, 6) is -4.17. The Balaban J connectivity index is 1.54. The molecule has 2 aromatic rings. The second-order valence-corrected chi connectivity index (χ2v) is 10.4. The second-order valence-electron chi connectivity index (χ2n) is 8.16. The summed E-state index contributed by atoms with van der Waals surface area (Å²) >= 11 is 1.86. The number of thioether (sulfide) groups is 1. The van der Waals surface area contributed by atoms with Crippen LogP contribution < -0.4 is 11.1 Å². The highest BCUT2D eigenvalue weighted by Gasteiger charge is 2.54. The molecule has 0 bridgehead atoms. The summed E-state index contributed by atoms with van der Waals surface area (Å²) in [4.78, 5) is 50.9. The third-order valence-electron chi connectivity index (χ3n) is 5.89. The number of hydrogen-bond acceptors (Lipinski definition) is 10. The number of aromatic nitrogens is 4. The smallest absolute Gasteiger partial charge is 0.321 e. The molecule has 4 unspecified atom stereocenters. The number of nitrogens with zero attached hydrogens (tertiary/aromatic N) is 5. The maximum Gasteiger partial charge on any atom is 0.321 e. The van der Waals surface area contributed by atoms with Crippen molar-refractivity contribution in [2.75, 3.05) is 0 Å². The van der Waals surface area contributed by atoms with E-state index in [-0.39, 0.29) is 24.4 Å². The molecule has 13 nitrogen and oxygen atoms in total. The number of carboxylic acids is 2. The number of rotatable bonds is 10. The van der Waals surface area contributed by atoms with E-state index in [2.05, 4.69) is 20.7 Å². The molecule has 1 aromatic carbocycles. The van der Waals surface area contributed by atoms with Crippen molar-refractivity contribution in [3.63, 3.8) is 0 Å². The van der Waals surface area contributed by atoms with Gasteiger partial charge in [-0.25, -0.2) is 0 Å². The number of nitrogens with one attached hydrogen (secondary N) is 1. The maximum atomic E-state index is 12.9. The molecule has 1 saturated heterocycles. The van der Waals surface area contributed by atoms with Crippen molar-refractivity contribution in [3.05, 3.63) is 53.5 Å². The van der Waals surface area contributed by atoms with Crippen molar-refractivity contribution in [3.8, 4) is 0 Å². The van der Waals surface area contributed by atoms with Crippen LogP contribution >= 0.6 is 23.7 Å². The summed E-state index contributed by atoms with van der Waals surface area (Å²) in [5.41, 5.74) is 7.51. The fourth-order valence-corrected chi connectivity index (χ4v) is 6.46. The van der Waals surface area contributed by atoms with Gasteiger partial charge in [-0.15, -0.1) is 26.2 Å². The van der Waals surface area contributed by atoms with Gasteiger partial charge in [-0.05, 0) is 21.9 Å². The zero-order valence-electron chi connectivity index (χ0n) is 18.9. The Hall–Kier alpha value is -3.43. The number of carbonyl (C=O) groups excluding carboxylic acids is 2. The standard InChI is InChI=1S/C21H23N7O6S2/c1-10(20(31)32)16(36-28-24-9-23-26-28)13-8-27-18(30)15(19(27)35-17(13)21(33)34)25-14(29)6-11-4-2-3-5-12(11)7-22/h2-5,8-10,15-17,19H,6-7,22H2,1H3,(H,25,29)(H,31,32)(H,33,34)/t10?,15?,16?,17?,19-/m1/s1. The van der Waals surface area contributed by atoms with Crippen LogP contribution in [0.25, 0.3) is 0 Å². The fraction of sp³-hybridized carbons (Fsp3) is 0.381. The van der Waals surface area contributed by atoms with Crippen LogP contribution in [0.15, 0.2) is 42.4 Å². The molecule has 2 aliphatic rings. The van der Waals surface area contributed by atoms with Crippen molar-refractivity contribution >= 4 is 47.5 Å². The minimum absolute atomic E-state index is 0.0255. The number of nitrogens with two attached hydrogens (primary N) is 1. The summed E-state index contributed by atoms with van der Waals surface area (Å²) in [6.07, 6.45) is 2.57. The molecule has 4 rings (SSSR count). The lowest BCUT2D eigenvalue weighted by Gasteiger charge is -2.49. The number of β-lactam (4-membered cyclic amide) rings is 1. The van der Waals surface area contributed by atoms with E-state index < -0.39 is 45.7 Å². The van der Waals surface area contributed by atoms with Crippen LogP contribution in [0.1, 0.15) is 18.1 Å². The Morgan fingerprint density at radius 2 is 1.97 bits per heavy atom. The van der Waals surface area contributed by atoms with E-state index in [0.29, 0.717) is 0 Å². The molecule has 0 spiro atoms. The van der Waals surface area contributed by atoms with Crippen molar-refractivity contribution in [1.29, 1.82) is 0 Å². The molecule has 5 atom stereocenters. The van der Waals surface area contributed by atoms with Crippen LogP contribution in [0, 0.1) is 5.92 Å². The first-order valence-electron chi connectivity index (χ1n) is 10.8. The molecule has 1 fully saturated rings. The molecule has 0 saturated carbocycles. The van der Waals surface area contributed by atoms with Crippen molar-refractivity contribution in [2.24, 2.45) is 11.7 Å². The molecule has 5 N–H and O–H groups in total. The lowest BCUT2D eigenvalue weighted by molar-refractivity contribution is -0.145. The Labute approximate surface area is 213 Å². The third kappa shape index (κ3) is 5.08. The first-order valence-corrected chi connectivity index (χ1v) is 12.6. The Kier molecular flexibility index (Phi) is 7.61. The zero-order chi connectivity index (χ0) is 26.0. The van der Waals surface area contributed by atoms with Crippen molar-refractivity contribution in [2.45, 2.75) is 41.8 Å². The number of carboxylic acid groups (broad SMARTS) is 2. The molecular formula is C21H23N7O6S2. The maximum absolute atomic E-state index is 12.9. The zero-order valence-corrected chi connectivity index (χ0v) is 20.6. The average Bonchev–Trinajstić information content (AvgIpc) is 3.38. The van der Waals surface area contributed by atoms with Gasteiger partial charge in [0.15, 0.2) is 6.33 Å². The monoisotopic (exact) mass is 533 g/mol. The van der Waals surface area contributed by atoms with Gasteiger partial charge in [-0.1, -0.05) is 31.2 Å². The highest BCUT2D eigenvalue weighted by Crippen LogP contribution is 2.45. The minimum Gasteiger partial charge on any atom is -0.481 e. The first-order chi connectivity index (χ1) is 17.2. The molecular weight excluding hydrogens is 510 g/mol. The summed E-state index contributed by atoms with van der Waals surface area (Å²) in [5, 5.41) is 30.7. The van der Waals surface area contributed by atoms with Gasteiger partial charge in [0, 0.05) is 24.7 Å². The number of aliphatic carboxylic acids is 2. The van der Waals surface area contributed by atoms with Crippen molar-refractivity contribution < 1.29 is 29.4 Å². The topological polar surface area (TPSA) is 194 Å². The second kappa shape index (κ2) is 10.7. The number of benzene rings is 1. The minimum atomic E-state index is -1.19. The van der Waals surface area contributed by atoms with Gasteiger partial charge in [0.25, 0.3) is 5.91 Å². The van der Waals surface area contributed by atoms with E-state index >= 15 is 0 Å². The van der Waals surface area contributed by atoms with Crippen LogP contribution in [-0.2, 0) is 32.1 Å². The molecule has 15 heteroatoms. The van der Waals surface area contributed by atoms with Crippen LogP contribution in [0.2, 0.25) is 0 Å². The molecule has 36 heavy (non-hydrogen) atoms. The third-order valence-corrected chi connectivity index (χ3v) is 8.67. The fourth-order valence-electron chi connectivity index (χ4n) is 3.97. The molecule has 2 amide bonds. The molecule has 0 aliphatic carbocycles. The normalized spacial score (nSPS) is 22.6. The van der Waals surface area contributed by atoms with Crippen LogP contribution in [0.5, 0.6) is 0 Å². The van der Waals surface area contributed by atoms with E-state index in [1.165, 1.54) is 24.4 Å². The summed E-state index contributed by atoms with van der Waals surface area (Å²) < 4.78 is 1.10. The lowest BCUT2D eigenvalue weighted by atomic mass is 9.96. The highest BCUT2D eigenvalue weighted by molar-refractivity contribution is 8.02. The summed E-state index contributed by atoms with van der Waals surface area (Å²) in [6, 6.07) is 6.31. The van der Waals surface area contributed by atoms with Crippen LogP contribution in [0.3, 0.4) is 0 Å². The highest BCUT2D eigenvalue weighted by atomic mass is 32.2. The number of fused-ring (bicyclic) bond motifs is 1. The quantitative estimate of drug-likeness (QED) is 0.292. The Morgan fingerprint density at radius 3 is 2.58 bits per heavy atom. The lowest BCUT2D eigenvalue weighted by Crippen LogP contribution is -2.69. The van der Waals surface area contributed by atoms with Gasteiger partial charge in [0.05, 0.1) is 17.6 Å². The van der Waals surface area contributed by atoms with E-state index in [4.69, 9.17) is 5.73 Å². The van der Waals surface area contributed by atoms with Gasteiger partial charge < -0.3 is 26.2 Å². The van der Waals surface area contributed by atoms with E-state index in [9.17, 15) is 29.4 Å². The Morgan fingerprint density at radius 1 is 1.25 bits per heavy atom.